The summed E-state index contributed by atoms with van der Waals surface area (Å²) in [5.74, 6) is -0.200. The van der Waals surface area contributed by atoms with Gasteiger partial charge in [-0.15, -0.1) is 13.2 Å². The molecule has 2 aromatic carbocycles. The van der Waals surface area contributed by atoms with Gasteiger partial charge in [-0.1, -0.05) is 175 Å². The number of primary amides is 1. The van der Waals surface area contributed by atoms with Crippen molar-refractivity contribution < 1.29 is 9.59 Å². The molecule has 4 unspecified atom stereocenters. The number of nitrogens with zero attached hydrogens (tertiary/aromatic N) is 1. The molecular weight excluding hydrogens is 743 g/mol. The van der Waals surface area contributed by atoms with Gasteiger partial charge < -0.3 is 5.73 Å². The number of aryl methyl sites for hydroxylation is 2. The maximum absolute atomic E-state index is 12.1. The molecule has 2 rings (SSSR count). The number of halogens is 2. The molecule has 2 N–H and O–H groups in total. The molecule has 0 aromatic heterocycles. The Morgan fingerprint density at radius 3 is 1.46 bits per heavy atom. The molecule has 57 heavy (non-hydrogen) atoms. The van der Waals surface area contributed by atoms with Gasteiger partial charge in [0.15, 0.2) is 0 Å². The molecule has 0 aliphatic carbocycles. The van der Waals surface area contributed by atoms with Gasteiger partial charge in [0.05, 0.1) is 0 Å². The Balaban J connectivity index is 0.000000570. The van der Waals surface area contributed by atoms with Crippen LogP contribution in [0.25, 0.3) is 0 Å². The molecule has 0 saturated heterocycles. The van der Waals surface area contributed by atoms with Crippen molar-refractivity contribution in [3.8, 4) is 0 Å². The zero-order valence-electron chi connectivity index (χ0n) is 38.6. The van der Waals surface area contributed by atoms with E-state index in [4.69, 9.17) is 28.9 Å². The fraction of sp³-hybridized carbons (Fsp3) is 0.647. The second-order valence-electron chi connectivity index (χ2n) is 20.8. The molecule has 0 radical (unpaired) electrons. The summed E-state index contributed by atoms with van der Waals surface area (Å²) in [6, 6.07) is 12.4. The van der Waals surface area contributed by atoms with Crippen LogP contribution in [-0.4, -0.2) is 12.0 Å². The molecule has 4 nitrogen and oxygen atoms in total. The lowest BCUT2D eigenvalue weighted by atomic mass is 9.58. The van der Waals surface area contributed by atoms with Gasteiger partial charge in [0.25, 0.3) is 0 Å². The van der Waals surface area contributed by atoms with Crippen molar-refractivity contribution in [3.63, 3.8) is 0 Å². The molecule has 0 aliphatic rings. The number of carbonyl (C=O) groups excluding carboxylic acids is 2. The summed E-state index contributed by atoms with van der Waals surface area (Å²) >= 11 is 13.3. The summed E-state index contributed by atoms with van der Waals surface area (Å²) in [6.45, 7) is 39.2. The van der Waals surface area contributed by atoms with E-state index in [1.54, 1.807) is 0 Å². The summed E-state index contributed by atoms with van der Waals surface area (Å²) in [4.78, 5) is 27.7. The van der Waals surface area contributed by atoms with Crippen molar-refractivity contribution in [1.82, 2.24) is 0 Å². The summed E-state index contributed by atoms with van der Waals surface area (Å²) in [7, 11) is 0. The quantitative estimate of drug-likeness (QED) is 0.0774. The van der Waals surface area contributed by atoms with E-state index in [2.05, 4.69) is 138 Å². The molecule has 0 fully saturated rings. The number of hydrogen-bond acceptors (Lipinski definition) is 3. The molecular formula is C51H80Cl2N2O2. The fourth-order valence-corrected chi connectivity index (χ4v) is 9.23. The van der Waals surface area contributed by atoms with Crippen LogP contribution in [0, 0.1) is 33.5 Å². The number of hydrogen-bond donors (Lipinski definition) is 1. The Labute approximate surface area is 360 Å². The van der Waals surface area contributed by atoms with Crippen LogP contribution in [0.4, 0.5) is 0 Å². The zero-order valence-corrected chi connectivity index (χ0v) is 40.1. The minimum absolute atomic E-state index is 0.000652. The molecule has 6 heteroatoms. The molecule has 0 saturated carbocycles. The lowest BCUT2D eigenvalue weighted by Gasteiger charge is -2.45. The minimum atomic E-state index is -0.743. The van der Waals surface area contributed by atoms with Gasteiger partial charge >= 0.3 is 0 Å². The van der Waals surface area contributed by atoms with Crippen LogP contribution in [0.5, 0.6) is 0 Å². The molecule has 4 atom stereocenters. The van der Waals surface area contributed by atoms with E-state index in [0.29, 0.717) is 0 Å². The Kier molecular flexibility index (Phi) is 20.3. The van der Waals surface area contributed by atoms with E-state index in [1.165, 1.54) is 0 Å². The van der Waals surface area contributed by atoms with Crippen molar-refractivity contribution in [2.45, 2.75) is 179 Å². The average molecular weight is 824 g/mol. The van der Waals surface area contributed by atoms with E-state index >= 15 is 0 Å². The van der Waals surface area contributed by atoms with E-state index in [1.807, 2.05) is 31.2 Å². The molecule has 2 aromatic rings. The highest BCUT2D eigenvalue weighted by molar-refractivity contribution is 6.31. The number of amides is 1. The number of benzene rings is 2. The minimum Gasteiger partial charge on any atom is -0.370 e. The first-order valence-corrected chi connectivity index (χ1v) is 22.1. The van der Waals surface area contributed by atoms with Crippen molar-refractivity contribution >= 4 is 35.2 Å². The fourth-order valence-electron chi connectivity index (χ4n) is 8.68. The molecule has 0 heterocycles. The molecule has 0 spiro atoms. The zero-order chi connectivity index (χ0) is 44.0. The van der Waals surface area contributed by atoms with Gasteiger partial charge in [-0.25, -0.2) is 4.79 Å². The summed E-state index contributed by atoms with van der Waals surface area (Å²) in [5, 5.41) is 1.51. The maximum atomic E-state index is 12.1. The number of isocyanates is 1. The van der Waals surface area contributed by atoms with Crippen LogP contribution in [0.3, 0.4) is 0 Å². The number of unbranched alkanes of at least 4 members (excludes halogenated alkanes) is 2. The van der Waals surface area contributed by atoms with Crippen LogP contribution in [-0.2, 0) is 33.4 Å². The van der Waals surface area contributed by atoms with Crippen LogP contribution in [0.15, 0.2) is 66.7 Å². The highest BCUT2D eigenvalue weighted by Gasteiger charge is 2.45. The van der Waals surface area contributed by atoms with Gasteiger partial charge in [0, 0.05) is 27.8 Å². The first-order valence-electron chi connectivity index (χ1n) is 21.4. The van der Waals surface area contributed by atoms with E-state index in [-0.39, 0.29) is 45.8 Å². The summed E-state index contributed by atoms with van der Waals surface area (Å²) < 4.78 is 0. The first kappa shape index (κ1) is 52.4. The van der Waals surface area contributed by atoms with Crippen LogP contribution >= 0.6 is 23.2 Å². The second kappa shape index (κ2) is 22.1. The monoisotopic (exact) mass is 823 g/mol. The third-order valence-electron chi connectivity index (χ3n) is 12.3. The molecule has 1 amide bonds. The second-order valence-corrected chi connectivity index (χ2v) is 21.6. The highest BCUT2D eigenvalue weighted by Crippen LogP contribution is 2.49. The molecule has 320 valence electrons. The summed E-state index contributed by atoms with van der Waals surface area (Å²) in [5.41, 5.74) is 9.29. The van der Waals surface area contributed by atoms with Crippen LogP contribution < -0.4 is 5.73 Å². The Hall–Kier alpha value is -2.65. The number of carbonyl (C=O) groups is 1. The molecule has 0 bridgehead atoms. The number of aliphatic imine (C=N–C) groups is 1. The van der Waals surface area contributed by atoms with Crippen LogP contribution in [0.1, 0.15) is 177 Å². The van der Waals surface area contributed by atoms with Gasteiger partial charge in [-0.3, -0.25) is 4.79 Å². The largest absolute Gasteiger partial charge is 0.370 e. The SMILES string of the molecule is C=CC(C(C)(C)CCCC)C(C)(CC(N)=O)c1ccc(CCC(C)(C)C)c(Cl)c1.C=CC(C(C)(C)CCCC)C(C)(N=C=O)c1ccc(CCC(C)(C)C)c(Cl)c1. The predicted molar refractivity (Wildman–Crippen MR) is 249 cm³/mol. The van der Waals surface area contributed by atoms with E-state index < -0.39 is 11.0 Å². The van der Waals surface area contributed by atoms with E-state index in [0.717, 1.165) is 96.5 Å². The number of allylic oxidation sites excluding steroid dienone is 1. The lowest BCUT2D eigenvalue weighted by Crippen LogP contribution is -2.43. The summed E-state index contributed by atoms with van der Waals surface area (Å²) in [6.07, 6.45) is 16.7. The van der Waals surface area contributed by atoms with Gasteiger partial charge in [-0.05, 0) is 107 Å². The van der Waals surface area contributed by atoms with Crippen molar-refractivity contribution in [3.05, 3.63) is 94.0 Å². The average Bonchev–Trinajstić information content (AvgIpc) is 3.08. The Bertz CT molecular complexity index is 1660. The van der Waals surface area contributed by atoms with Crippen molar-refractivity contribution in [1.29, 1.82) is 0 Å². The van der Waals surface area contributed by atoms with Gasteiger partial charge in [0.2, 0.25) is 12.0 Å². The standard InChI is InChI=1S/C26H42ClNO.C25H38ClNO/c1-9-11-15-25(6,7)22(10-2)26(8,18-23(28)29)20-13-12-19(21(27)17-20)14-16-24(3,4)5;1-9-11-15-24(6,7)22(10-2)25(8,27-18-28)20-13-12-19(21(26)17-20)14-16-23(3,4)5/h10,12-13,17,22H,2,9,11,14-16,18H2,1,3-8H3,(H2,28,29);10,12-13,17,22H,2,9,11,14-16H2,1,3-8H3. The third kappa shape index (κ3) is 15.8. The van der Waals surface area contributed by atoms with E-state index in [9.17, 15) is 9.59 Å². The highest BCUT2D eigenvalue weighted by atomic mass is 35.5. The lowest BCUT2D eigenvalue weighted by molar-refractivity contribution is -0.119. The molecule has 0 aliphatic heterocycles. The predicted octanol–water partition coefficient (Wildman–Crippen LogP) is 15.4. The van der Waals surface area contributed by atoms with Crippen molar-refractivity contribution in [2.75, 3.05) is 0 Å². The Morgan fingerprint density at radius 1 is 0.702 bits per heavy atom. The van der Waals surface area contributed by atoms with Crippen LogP contribution in [0.2, 0.25) is 10.0 Å². The third-order valence-corrected chi connectivity index (χ3v) is 13.0. The first-order chi connectivity index (χ1) is 26.2. The number of nitrogens with two attached hydrogens (primary N) is 1. The normalized spacial score (nSPS) is 15.5. The topological polar surface area (TPSA) is 72.5 Å². The van der Waals surface area contributed by atoms with Gasteiger partial charge in [0.1, 0.15) is 5.54 Å². The number of rotatable bonds is 21. The Morgan fingerprint density at radius 2 is 1.11 bits per heavy atom. The maximum Gasteiger partial charge on any atom is 0.235 e. The van der Waals surface area contributed by atoms with Gasteiger partial charge in [-0.2, -0.15) is 4.99 Å². The smallest absolute Gasteiger partial charge is 0.235 e. The van der Waals surface area contributed by atoms with Crippen molar-refractivity contribution in [2.24, 2.45) is 44.2 Å².